The largest absolute Gasteiger partial charge is 0.444 e. The molecule has 1 aliphatic rings. The van der Waals surface area contributed by atoms with E-state index in [0.29, 0.717) is 13.0 Å². The number of nitrogens with zero attached hydrogens (tertiary/aromatic N) is 1. The van der Waals surface area contributed by atoms with Crippen LogP contribution in [0.2, 0.25) is 0 Å². The molecule has 3 amide bonds. The minimum absolute atomic E-state index is 0.152. The highest BCUT2D eigenvalue weighted by Crippen LogP contribution is 2.26. The number of alkyl carbamates (subject to hydrolysis) is 1. The number of hydrogen-bond acceptors (Lipinski definition) is 8. The molecule has 5 N–H and O–H groups in total. The predicted octanol–water partition coefficient (Wildman–Crippen LogP) is 8.22. The third kappa shape index (κ3) is 24.3. The first-order chi connectivity index (χ1) is 25.9. The Balaban J connectivity index is 2.66. The summed E-state index contributed by atoms with van der Waals surface area (Å²) in [6.45, 7) is 9.44. The van der Waals surface area contributed by atoms with E-state index < -0.39 is 48.2 Å². The van der Waals surface area contributed by atoms with E-state index in [4.69, 9.17) is 9.47 Å². The smallest absolute Gasteiger partial charge is 0.408 e. The van der Waals surface area contributed by atoms with Gasteiger partial charge in [-0.3, -0.25) is 9.59 Å². The van der Waals surface area contributed by atoms with Crippen molar-refractivity contribution in [3.63, 3.8) is 0 Å². The van der Waals surface area contributed by atoms with Crippen molar-refractivity contribution in [2.24, 2.45) is 0 Å². The zero-order valence-electron chi connectivity index (χ0n) is 35.0. The topological polar surface area (TPSA) is 158 Å². The molecule has 316 valence electrons. The SMILES string of the molecule is CCCCCCCC/C=C\CCCCCCCC(=O)N(CCCCCCCCCCCC)[C@@H]1O[C@H](CNC(=O)CNC(=O)OC(C)(C)C)[C@@H](O)[C@H](O)[C@H]1O. The van der Waals surface area contributed by atoms with Gasteiger partial charge in [-0.05, 0) is 59.3 Å². The molecule has 0 aromatic rings. The number of rotatable bonds is 31. The molecule has 1 rings (SSSR count). The van der Waals surface area contributed by atoms with Crippen LogP contribution in [0.4, 0.5) is 4.79 Å². The normalized spacial score (nSPS) is 20.3. The molecule has 1 fully saturated rings. The van der Waals surface area contributed by atoms with Gasteiger partial charge in [-0.1, -0.05) is 135 Å². The second-order valence-electron chi connectivity index (χ2n) is 16.3. The van der Waals surface area contributed by atoms with Gasteiger partial charge in [0, 0.05) is 19.5 Å². The lowest BCUT2D eigenvalue weighted by molar-refractivity contribution is -0.255. The number of carbonyl (C=O) groups excluding carboxylic acids is 3. The van der Waals surface area contributed by atoms with Gasteiger partial charge in [-0.15, -0.1) is 0 Å². The molecule has 0 aromatic carbocycles. The van der Waals surface area contributed by atoms with Gasteiger partial charge in [-0.2, -0.15) is 0 Å². The Morgan fingerprint density at radius 2 is 1.13 bits per heavy atom. The van der Waals surface area contributed by atoms with Gasteiger partial charge in [-0.25, -0.2) is 4.79 Å². The maximum atomic E-state index is 13.7. The second-order valence-corrected chi connectivity index (χ2v) is 16.3. The van der Waals surface area contributed by atoms with E-state index in [-0.39, 0.29) is 19.0 Å². The number of ether oxygens (including phenoxy) is 2. The number of aliphatic hydroxyl groups is 3. The lowest BCUT2D eigenvalue weighted by Crippen LogP contribution is -2.65. The van der Waals surface area contributed by atoms with Crippen LogP contribution in [0, 0.1) is 0 Å². The lowest BCUT2D eigenvalue weighted by Gasteiger charge is -2.45. The van der Waals surface area contributed by atoms with Gasteiger partial charge in [0.05, 0.1) is 6.54 Å². The molecular weight excluding hydrogens is 686 g/mol. The standard InChI is InChI=1S/C43H81N3O8/c1-6-8-10-12-14-16-18-19-20-21-22-23-25-27-29-31-37(48)46(32-30-28-26-24-17-15-13-11-9-7-2)41-40(51)39(50)38(49)35(53-41)33-44-36(47)34-45-42(52)54-43(3,4)5/h19-20,35,38-41,49-51H,6-18,21-34H2,1-5H3,(H,44,47)(H,45,52)/b20-19-/t35-,38-,39+,40-,41-/m1/s1. The van der Waals surface area contributed by atoms with Gasteiger partial charge in [0.15, 0.2) is 6.23 Å². The van der Waals surface area contributed by atoms with Crippen LogP contribution in [0.15, 0.2) is 12.2 Å². The fraction of sp³-hybridized carbons (Fsp3) is 0.884. The van der Waals surface area contributed by atoms with E-state index in [9.17, 15) is 29.7 Å². The zero-order valence-corrected chi connectivity index (χ0v) is 35.0. The van der Waals surface area contributed by atoms with Crippen LogP contribution in [0.5, 0.6) is 0 Å². The first kappa shape index (κ1) is 49.8. The highest BCUT2D eigenvalue weighted by Gasteiger charge is 2.46. The Morgan fingerprint density at radius 3 is 1.65 bits per heavy atom. The fourth-order valence-electron chi connectivity index (χ4n) is 6.75. The van der Waals surface area contributed by atoms with Crippen LogP contribution in [0.25, 0.3) is 0 Å². The van der Waals surface area contributed by atoms with Crippen molar-refractivity contribution in [1.29, 1.82) is 0 Å². The van der Waals surface area contributed by atoms with Crippen molar-refractivity contribution in [3.05, 3.63) is 12.2 Å². The summed E-state index contributed by atoms with van der Waals surface area (Å²) >= 11 is 0. The molecule has 0 aromatic heterocycles. The average Bonchev–Trinajstić information content (AvgIpc) is 3.13. The summed E-state index contributed by atoms with van der Waals surface area (Å²) in [5.74, 6) is -0.697. The van der Waals surface area contributed by atoms with Crippen molar-refractivity contribution in [2.75, 3.05) is 19.6 Å². The second kappa shape index (κ2) is 30.9. The molecule has 0 unspecified atom stereocenters. The van der Waals surface area contributed by atoms with Crippen molar-refractivity contribution >= 4 is 17.9 Å². The quantitative estimate of drug-likeness (QED) is 0.0349. The molecule has 0 radical (unpaired) electrons. The summed E-state index contributed by atoms with van der Waals surface area (Å²) in [5, 5.41) is 37.6. The number of carbonyl (C=O) groups is 3. The minimum atomic E-state index is -1.58. The van der Waals surface area contributed by atoms with Crippen LogP contribution < -0.4 is 10.6 Å². The van der Waals surface area contributed by atoms with E-state index in [1.807, 2.05) is 0 Å². The van der Waals surface area contributed by atoms with E-state index in [1.54, 1.807) is 20.8 Å². The maximum absolute atomic E-state index is 13.7. The summed E-state index contributed by atoms with van der Waals surface area (Å²) in [7, 11) is 0. The third-order valence-electron chi connectivity index (χ3n) is 10.0. The van der Waals surface area contributed by atoms with Crippen LogP contribution in [-0.2, 0) is 19.1 Å². The fourth-order valence-corrected chi connectivity index (χ4v) is 6.75. The highest BCUT2D eigenvalue weighted by atomic mass is 16.6. The minimum Gasteiger partial charge on any atom is -0.444 e. The lowest BCUT2D eigenvalue weighted by atomic mass is 9.96. The van der Waals surface area contributed by atoms with E-state index in [1.165, 1.54) is 88.4 Å². The molecule has 0 saturated carbocycles. The zero-order chi connectivity index (χ0) is 40.0. The molecule has 0 spiro atoms. The van der Waals surface area contributed by atoms with Crippen molar-refractivity contribution < 1.29 is 39.2 Å². The van der Waals surface area contributed by atoms with Crippen LogP contribution in [-0.4, -0.2) is 94.0 Å². The maximum Gasteiger partial charge on any atom is 0.408 e. The number of amides is 3. The van der Waals surface area contributed by atoms with E-state index in [0.717, 1.165) is 64.2 Å². The Hall–Kier alpha value is -2.21. The molecular formula is C43H81N3O8. The molecule has 1 aliphatic heterocycles. The van der Waals surface area contributed by atoms with Crippen molar-refractivity contribution in [1.82, 2.24) is 15.5 Å². The van der Waals surface area contributed by atoms with Crippen LogP contribution >= 0.6 is 0 Å². The number of hydrogen-bond donors (Lipinski definition) is 5. The molecule has 1 heterocycles. The Bertz CT molecular complexity index is 1000. The molecule has 0 bridgehead atoms. The monoisotopic (exact) mass is 768 g/mol. The molecule has 1 saturated heterocycles. The third-order valence-corrected chi connectivity index (χ3v) is 10.0. The average molecular weight is 768 g/mol. The van der Waals surface area contributed by atoms with Crippen LogP contribution in [0.3, 0.4) is 0 Å². The van der Waals surface area contributed by atoms with Gasteiger partial charge < -0.3 is 40.3 Å². The van der Waals surface area contributed by atoms with E-state index in [2.05, 4.69) is 36.6 Å². The summed E-state index contributed by atoms with van der Waals surface area (Å²) in [6, 6.07) is 0. The summed E-state index contributed by atoms with van der Waals surface area (Å²) in [4.78, 5) is 39.6. The molecule has 54 heavy (non-hydrogen) atoms. The number of nitrogens with one attached hydrogen (secondary N) is 2. The predicted molar refractivity (Wildman–Crippen MR) is 217 cm³/mol. The first-order valence-corrected chi connectivity index (χ1v) is 21.8. The van der Waals surface area contributed by atoms with E-state index >= 15 is 0 Å². The van der Waals surface area contributed by atoms with Crippen molar-refractivity contribution in [2.45, 2.75) is 225 Å². The highest BCUT2D eigenvalue weighted by molar-refractivity contribution is 5.82. The molecule has 11 nitrogen and oxygen atoms in total. The summed E-state index contributed by atoms with van der Waals surface area (Å²) < 4.78 is 11.2. The molecule has 0 aliphatic carbocycles. The Morgan fingerprint density at radius 1 is 0.648 bits per heavy atom. The Kier molecular flexibility index (Phi) is 28.5. The number of aliphatic hydroxyl groups excluding tert-OH is 3. The van der Waals surface area contributed by atoms with Gasteiger partial charge in [0.25, 0.3) is 0 Å². The number of unbranched alkanes of at least 4 members (excludes halogenated alkanes) is 20. The van der Waals surface area contributed by atoms with Gasteiger partial charge in [0.2, 0.25) is 11.8 Å². The van der Waals surface area contributed by atoms with Crippen molar-refractivity contribution in [3.8, 4) is 0 Å². The molecule has 11 heteroatoms. The van der Waals surface area contributed by atoms with Gasteiger partial charge >= 0.3 is 6.09 Å². The number of allylic oxidation sites excluding steroid dienone is 2. The van der Waals surface area contributed by atoms with Gasteiger partial charge in [0.1, 0.15) is 30.0 Å². The summed E-state index contributed by atoms with van der Waals surface area (Å²) in [6.07, 6.45) is 24.0. The van der Waals surface area contributed by atoms with Crippen LogP contribution in [0.1, 0.15) is 189 Å². The Labute approximate surface area is 328 Å². The summed E-state index contributed by atoms with van der Waals surface area (Å²) in [5.41, 5.74) is -0.715. The molecule has 5 atom stereocenters. The first-order valence-electron chi connectivity index (χ1n) is 21.8.